The summed E-state index contributed by atoms with van der Waals surface area (Å²) in [4.78, 5) is 16.9. The fourth-order valence-corrected chi connectivity index (χ4v) is 4.70. The fourth-order valence-electron chi connectivity index (χ4n) is 3.28. The molecule has 0 atom stereocenters. The van der Waals surface area contributed by atoms with Crippen molar-refractivity contribution in [2.45, 2.75) is 6.92 Å². The molecule has 30 heavy (non-hydrogen) atoms. The van der Waals surface area contributed by atoms with Crippen LogP contribution in [-0.4, -0.2) is 25.8 Å². The maximum Gasteiger partial charge on any atom is 0.305 e. The highest BCUT2D eigenvalue weighted by molar-refractivity contribution is 9.10. The number of aromatic nitrogens is 3. The first-order valence-electron chi connectivity index (χ1n) is 9.02. The lowest BCUT2D eigenvalue weighted by Crippen LogP contribution is -1.95. The summed E-state index contributed by atoms with van der Waals surface area (Å²) in [5.74, 6) is -0.606. The van der Waals surface area contributed by atoms with Gasteiger partial charge in [0.15, 0.2) is 5.69 Å². The number of hydrogen-bond donors (Lipinski definition) is 2. The molecule has 0 aliphatic carbocycles. The number of para-hydroxylation sites is 1. The third-order valence-corrected chi connectivity index (χ3v) is 6.30. The summed E-state index contributed by atoms with van der Waals surface area (Å²) in [6.45, 7) is 1.91. The molecule has 148 valence electrons. The molecule has 0 radical (unpaired) electrons. The predicted octanol–water partition coefficient (Wildman–Crippen LogP) is 6.27. The van der Waals surface area contributed by atoms with Crippen LogP contribution in [0.2, 0.25) is 0 Å². The second-order valence-corrected chi connectivity index (χ2v) is 8.63. The molecule has 2 aromatic carbocycles. The van der Waals surface area contributed by atoms with Crippen LogP contribution >= 0.6 is 27.3 Å². The van der Waals surface area contributed by atoms with Gasteiger partial charge in [-0.3, -0.25) is 4.79 Å². The highest BCUT2D eigenvalue weighted by atomic mass is 79.9. The lowest BCUT2D eigenvalue weighted by atomic mass is 10.2. The summed E-state index contributed by atoms with van der Waals surface area (Å²) in [6, 6.07) is 17.0. The van der Waals surface area contributed by atoms with Gasteiger partial charge in [-0.15, -0.1) is 21.6 Å². The number of azo groups is 1. The molecule has 0 saturated heterocycles. The van der Waals surface area contributed by atoms with E-state index in [1.54, 1.807) is 6.07 Å². The van der Waals surface area contributed by atoms with E-state index in [9.17, 15) is 9.90 Å². The Hall–Kier alpha value is -3.30. The Morgan fingerprint density at radius 2 is 1.97 bits per heavy atom. The number of aromatic hydroxyl groups is 1. The second kappa shape index (κ2) is 7.19. The molecule has 1 amide bonds. The third kappa shape index (κ3) is 3.12. The number of nitrogens with one attached hydrogen (secondary N) is 1. The first-order valence-corrected chi connectivity index (χ1v) is 10.6. The van der Waals surface area contributed by atoms with E-state index in [1.165, 1.54) is 11.3 Å². The SMILES string of the molecule is Cc1nn(-c2ccccc2)c2sc(C(=O)N=Nc3c(O)[nH]c4ccc(Br)cc34)cc12. The average molecular weight is 480 g/mol. The van der Waals surface area contributed by atoms with E-state index < -0.39 is 5.91 Å². The number of benzene rings is 2. The van der Waals surface area contributed by atoms with Crippen molar-refractivity contribution >= 4 is 60.0 Å². The van der Waals surface area contributed by atoms with Crippen molar-refractivity contribution in [3.63, 3.8) is 0 Å². The number of hydrogen-bond acceptors (Lipinski definition) is 5. The zero-order valence-corrected chi connectivity index (χ0v) is 18.0. The molecular formula is C21H14BrN5O2S. The molecule has 0 spiro atoms. The maximum absolute atomic E-state index is 12.7. The minimum absolute atomic E-state index is 0.133. The van der Waals surface area contributed by atoms with Crippen LogP contribution in [0.25, 0.3) is 26.8 Å². The monoisotopic (exact) mass is 479 g/mol. The number of carbonyl (C=O) groups excluding carboxylic acids is 1. The van der Waals surface area contributed by atoms with E-state index in [0.29, 0.717) is 15.8 Å². The highest BCUT2D eigenvalue weighted by Gasteiger charge is 2.18. The molecule has 5 aromatic rings. The number of rotatable bonds is 3. The van der Waals surface area contributed by atoms with Gasteiger partial charge in [0.05, 0.1) is 21.8 Å². The average Bonchev–Trinajstić information content (AvgIpc) is 3.40. The van der Waals surface area contributed by atoms with E-state index >= 15 is 0 Å². The van der Waals surface area contributed by atoms with E-state index in [4.69, 9.17) is 0 Å². The molecular weight excluding hydrogens is 466 g/mol. The van der Waals surface area contributed by atoms with Gasteiger partial charge in [0, 0.05) is 15.2 Å². The van der Waals surface area contributed by atoms with Crippen LogP contribution in [0.4, 0.5) is 5.69 Å². The van der Waals surface area contributed by atoms with Gasteiger partial charge in [0.25, 0.3) is 0 Å². The van der Waals surface area contributed by atoms with Gasteiger partial charge in [-0.25, -0.2) is 4.68 Å². The number of carbonyl (C=O) groups is 1. The Morgan fingerprint density at radius 1 is 1.17 bits per heavy atom. The van der Waals surface area contributed by atoms with Crippen LogP contribution in [0.5, 0.6) is 5.88 Å². The number of nitrogens with zero attached hydrogens (tertiary/aromatic N) is 4. The van der Waals surface area contributed by atoms with Gasteiger partial charge in [-0.2, -0.15) is 5.10 Å². The molecule has 0 fully saturated rings. The van der Waals surface area contributed by atoms with Gasteiger partial charge < -0.3 is 10.1 Å². The zero-order chi connectivity index (χ0) is 20.8. The quantitative estimate of drug-likeness (QED) is 0.298. The molecule has 0 unspecified atom stereocenters. The molecule has 7 nitrogen and oxygen atoms in total. The van der Waals surface area contributed by atoms with Crippen molar-refractivity contribution in [2.24, 2.45) is 10.2 Å². The number of H-pyrrole nitrogens is 1. The van der Waals surface area contributed by atoms with E-state index in [-0.39, 0.29) is 11.6 Å². The van der Waals surface area contributed by atoms with Crippen molar-refractivity contribution in [3.8, 4) is 11.6 Å². The molecule has 3 aromatic heterocycles. The first-order chi connectivity index (χ1) is 14.5. The van der Waals surface area contributed by atoms with Gasteiger partial charge >= 0.3 is 5.91 Å². The number of aromatic amines is 1. The molecule has 0 aliphatic rings. The molecule has 2 N–H and O–H groups in total. The molecule has 0 saturated carbocycles. The Kier molecular flexibility index (Phi) is 4.48. The second-order valence-electron chi connectivity index (χ2n) is 6.68. The van der Waals surface area contributed by atoms with Crippen molar-refractivity contribution in [1.29, 1.82) is 0 Å². The summed E-state index contributed by atoms with van der Waals surface area (Å²) in [5, 5.41) is 24.2. The molecule has 3 heterocycles. The van der Waals surface area contributed by atoms with Crippen LogP contribution in [0.1, 0.15) is 15.4 Å². The molecule has 9 heteroatoms. The first kappa shape index (κ1) is 18.7. The van der Waals surface area contributed by atoms with Crippen LogP contribution in [-0.2, 0) is 0 Å². The van der Waals surface area contributed by atoms with Crippen LogP contribution < -0.4 is 0 Å². The van der Waals surface area contributed by atoms with Crippen LogP contribution in [0.15, 0.2) is 69.3 Å². The van der Waals surface area contributed by atoms with Gasteiger partial charge in [0.1, 0.15) is 4.83 Å². The lowest BCUT2D eigenvalue weighted by Gasteiger charge is -2.00. The van der Waals surface area contributed by atoms with Gasteiger partial charge in [-0.1, -0.05) is 34.1 Å². The number of thiophene rings is 1. The third-order valence-electron chi connectivity index (χ3n) is 4.71. The number of aryl methyl sites for hydroxylation is 1. The molecule has 5 rings (SSSR count). The minimum Gasteiger partial charge on any atom is -0.493 e. The molecule has 0 bridgehead atoms. The zero-order valence-electron chi connectivity index (χ0n) is 15.6. The minimum atomic E-state index is -0.473. The highest BCUT2D eigenvalue weighted by Crippen LogP contribution is 2.37. The Morgan fingerprint density at radius 3 is 2.77 bits per heavy atom. The van der Waals surface area contributed by atoms with Gasteiger partial charge in [0.2, 0.25) is 5.88 Å². The maximum atomic E-state index is 12.7. The number of amides is 1. The summed E-state index contributed by atoms with van der Waals surface area (Å²) in [6.07, 6.45) is 0. The smallest absolute Gasteiger partial charge is 0.305 e. The lowest BCUT2D eigenvalue weighted by molar-refractivity contribution is 0.0999. The summed E-state index contributed by atoms with van der Waals surface area (Å²) in [7, 11) is 0. The van der Waals surface area contributed by atoms with Crippen molar-refractivity contribution in [1.82, 2.24) is 14.8 Å². The fraction of sp³-hybridized carbons (Fsp3) is 0.0476. The van der Waals surface area contributed by atoms with Crippen molar-refractivity contribution in [3.05, 3.63) is 69.6 Å². The summed E-state index contributed by atoms with van der Waals surface area (Å²) < 4.78 is 2.66. The van der Waals surface area contributed by atoms with E-state index in [0.717, 1.165) is 26.1 Å². The van der Waals surface area contributed by atoms with Crippen molar-refractivity contribution in [2.75, 3.05) is 0 Å². The summed E-state index contributed by atoms with van der Waals surface area (Å²) >= 11 is 4.71. The van der Waals surface area contributed by atoms with E-state index in [2.05, 4.69) is 36.2 Å². The largest absolute Gasteiger partial charge is 0.493 e. The predicted molar refractivity (Wildman–Crippen MR) is 120 cm³/mol. The molecule has 0 aliphatic heterocycles. The Bertz CT molecular complexity index is 1450. The standard InChI is InChI=1S/C21H14BrN5O2S/c1-11-14-10-17(30-21(14)27(26-11)13-5-3-2-4-6-13)19(28)25-24-18-15-9-12(22)7-8-16(15)23-20(18)29/h2-10,23,29H,1H3. The van der Waals surface area contributed by atoms with Crippen LogP contribution in [0, 0.1) is 6.92 Å². The topological polar surface area (TPSA) is 95.6 Å². The van der Waals surface area contributed by atoms with Crippen LogP contribution in [0.3, 0.4) is 0 Å². The Balaban J connectivity index is 1.52. The van der Waals surface area contributed by atoms with Crippen molar-refractivity contribution < 1.29 is 9.90 Å². The number of fused-ring (bicyclic) bond motifs is 2. The van der Waals surface area contributed by atoms with E-state index in [1.807, 2.05) is 60.1 Å². The number of halogens is 1. The normalized spacial score (nSPS) is 11.8. The van der Waals surface area contributed by atoms with Gasteiger partial charge in [-0.05, 0) is 43.3 Å². The Labute approximate surface area is 182 Å². The summed E-state index contributed by atoms with van der Waals surface area (Å²) in [5.41, 5.74) is 2.69.